The molecule has 0 radical (unpaired) electrons. The molecule has 0 aliphatic heterocycles. The van der Waals surface area contributed by atoms with Gasteiger partial charge in [-0.05, 0) is 68.2 Å². The summed E-state index contributed by atoms with van der Waals surface area (Å²) in [6, 6.07) is 7.58. The summed E-state index contributed by atoms with van der Waals surface area (Å²) in [5.41, 5.74) is 2.23. The van der Waals surface area contributed by atoms with Gasteiger partial charge in [0.2, 0.25) is 0 Å². The van der Waals surface area contributed by atoms with Gasteiger partial charge in [0.25, 0.3) is 5.56 Å². The summed E-state index contributed by atoms with van der Waals surface area (Å²) in [7, 11) is 0. The molecule has 29 heavy (non-hydrogen) atoms. The van der Waals surface area contributed by atoms with Crippen LogP contribution in [0.3, 0.4) is 0 Å². The first kappa shape index (κ1) is 21.3. The number of esters is 1. The van der Waals surface area contributed by atoms with Crippen molar-refractivity contribution in [1.29, 1.82) is 0 Å². The van der Waals surface area contributed by atoms with Crippen molar-refractivity contribution in [2.75, 3.05) is 0 Å². The first-order valence-electron chi connectivity index (χ1n) is 9.63. The quantitative estimate of drug-likeness (QED) is 0.539. The van der Waals surface area contributed by atoms with Crippen LogP contribution in [0.2, 0.25) is 0 Å². The lowest BCUT2D eigenvalue weighted by atomic mass is 10.2. The smallest absolute Gasteiger partial charge is 0.326 e. The Morgan fingerprint density at radius 2 is 1.86 bits per heavy atom. The maximum atomic E-state index is 13.5. The van der Waals surface area contributed by atoms with Crippen molar-refractivity contribution in [3.63, 3.8) is 0 Å². The number of para-hydroxylation sites is 1. The maximum absolute atomic E-state index is 13.5. The largest absolute Gasteiger partial charge is 0.459 e. The van der Waals surface area contributed by atoms with Crippen molar-refractivity contribution < 1.29 is 9.53 Å². The molecule has 0 bridgehead atoms. The SMILES string of the molecule is CCc1nc2c(c(C)c(C)n2CC(=O)OC(C)(C)C)c(=O)n1-c1ccccc1Br. The normalized spacial score (nSPS) is 11.8. The van der Waals surface area contributed by atoms with Crippen LogP contribution < -0.4 is 5.56 Å². The second kappa shape index (κ2) is 7.78. The van der Waals surface area contributed by atoms with Crippen LogP contribution in [-0.4, -0.2) is 25.7 Å². The van der Waals surface area contributed by atoms with Crippen LogP contribution in [-0.2, 0) is 22.5 Å². The average Bonchev–Trinajstić information content (AvgIpc) is 2.86. The van der Waals surface area contributed by atoms with E-state index in [0.29, 0.717) is 23.3 Å². The minimum Gasteiger partial charge on any atom is -0.459 e. The zero-order chi connectivity index (χ0) is 21.5. The second-order valence-electron chi connectivity index (χ2n) is 8.06. The van der Waals surface area contributed by atoms with E-state index in [1.165, 1.54) is 0 Å². The van der Waals surface area contributed by atoms with Crippen molar-refractivity contribution in [2.45, 2.75) is 60.1 Å². The first-order chi connectivity index (χ1) is 13.5. The number of rotatable bonds is 4. The van der Waals surface area contributed by atoms with Gasteiger partial charge in [0.05, 0.1) is 11.1 Å². The van der Waals surface area contributed by atoms with E-state index in [9.17, 15) is 9.59 Å². The minimum atomic E-state index is -0.572. The Hall–Kier alpha value is -2.41. The number of hydrogen-bond donors (Lipinski definition) is 0. The molecule has 0 amide bonds. The van der Waals surface area contributed by atoms with Crippen LogP contribution in [0.4, 0.5) is 0 Å². The number of hydrogen-bond acceptors (Lipinski definition) is 4. The lowest BCUT2D eigenvalue weighted by molar-refractivity contribution is -0.155. The molecule has 0 saturated heterocycles. The molecule has 0 saturated carbocycles. The van der Waals surface area contributed by atoms with Gasteiger partial charge in [-0.2, -0.15) is 0 Å². The van der Waals surface area contributed by atoms with Crippen molar-refractivity contribution in [2.24, 2.45) is 0 Å². The van der Waals surface area contributed by atoms with Crippen molar-refractivity contribution >= 4 is 32.9 Å². The van der Waals surface area contributed by atoms with Crippen LogP contribution in [0, 0.1) is 13.8 Å². The number of benzene rings is 1. The van der Waals surface area contributed by atoms with Gasteiger partial charge in [0.15, 0.2) is 0 Å². The van der Waals surface area contributed by atoms with E-state index in [0.717, 1.165) is 21.4 Å². The third-order valence-corrected chi connectivity index (χ3v) is 5.50. The Morgan fingerprint density at radius 3 is 2.45 bits per heavy atom. The van der Waals surface area contributed by atoms with Gasteiger partial charge < -0.3 is 9.30 Å². The molecule has 3 rings (SSSR count). The highest BCUT2D eigenvalue weighted by Crippen LogP contribution is 2.25. The number of aryl methyl sites for hydroxylation is 2. The van der Waals surface area contributed by atoms with Gasteiger partial charge in [0, 0.05) is 16.6 Å². The fraction of sp³-hybridized carbons (Fsp3) is 0.409. The maximum Gasteiger partial charge on any atom is 0.326 e. The lowest BCUT2D eigenvalue weighted by Crippen LogP contribution is -2.27. The fourth-order valence-corrected chi connectivity index (χ4v) is 3.90. The molecule has 0 fully saturated rings. The van der Waals surface area contributed by atoms with Crippen molar-refractivity contribution in [1.82, 2.24) is 14.1 Å². The van der Waals surface area contributed by atoms with E-state index in [4.69, 9.17) is 9.72 Å². The molecule has 1 aromatic carbocycles. The molecule has 154 valence electrons. The first-order valence-corrected chi connectivity index (χ1v) is 10.4. The average molecular weight is 460 g/mol. The zero-order valence-electron chi connectivity index (χ0n) is 17.7. The van der Waals surface area contributed by atoms with Crippen LogP contribution >= 0.6 is 15.9 Å². The third-order valence-electron chi connectivity index (χ3n) is 4.83. The number of aromatic nitrogens is 3. The molecular weight excluding hydrogens is 434 g/mol. The van der Waals surface area contributed by atoms with Gasteiger partial charge in [-0.1, -0.05) is 19.1 Å². The molecule has 0 aliphatic carbocycles. The highest BCUT2D eigenvalue weighted by Gasteiger charge is 2.23. The van der Waals surface area contributed by atoms with Crippen LogP contribution in [0.5, 0.6) is 0 Å². The molecule has 2 aromatic heterocycles. The summed E-state index contributed by atoms with van der Waals surface area (Å²) in [6.07, 6.45) is 0.572. The molecule has 6 nitrogen and oxygen atoms in total. The number of carbonyl (C=O) groups excluding carboxylic acids is 1. The summed E-state index contributed by atoms with van der Waals surface area (Å²) >= 11 is 3.54. The summed E-state index contributed by atoms with van der Waals surface area (Å²) in [5.74, 6) is 0.282. The second-order valence-corrected chi connectivity index (χ2v) is 8.91. The summed E-state index contributed by atoms with van der Waals surface area (Å²) in [4.78, 5) is 30.8. The van der Waals surface area contributed by atoms with Gasteiger partial charge in [-0.3, -0.25) is 14.2 Å². The third kappa shape index (κ3) is 4.01. The molecular formula is C22H26BrN3O3. The van der Waals surface area contributed by atoms with Gasteiger partial charge in [0.1, 0.15) is 23.6 Å². The Morgan fingerprint density at radius 1 is 1.21 bits per heavy atom. The van der Waals surface area contributed by atoms with Crippen LogP contribution in [0.1, 0.15) is 44.8 Å². The predicted octanol–water partition coefficient (Wildman–Crippen LogP) is 4.47. The molecule has 0 spiro atoms. The fourth-order valence-electron chi connectivity index (χ4n) is 3.43. The highest BCUT2D eigenvalue weighted by atomic mass is 79.9. The zero-order valence-corrected chi connectivity index (χ0v) is 19.3. The number of ether oxygens (including phenoxy) is 1. The Kier molecular flexibility index (Phi) is 5.72. The molecule has 3 aromatic rings. The van der Waals surface area contributed by atoms with Gasteiger partial charge >= 0.3 is 5.97 Å². The molecule has 0 N–H and O–H groups in total. The van der Waals surface area contributed by atoms with E-state index in [-0.39, 0.29) is 18.1 Å². The summed E-state index contributed by atoms with van der Waals surface area (Å²) in [6.45, 7) is 11.3. The molecule has 7 heteroatoms. The number of halogens is 1. The minimum absolute atomic E-state index is 0.0160. The van der Waals surface area contributed by atoms with Crippen molar-refractivity contribution in [3.8, 4) is 5.69 Å². The number of nitrogens with zero attached hydrogens (tertiary/aromatic N) is 3. The van der Waals surface area contributed by atoms with Crippen LogP contribution in [0.15, 0.2) is 33.5 Å². The Labute approximate surface area is 178 Å². The Bertz CT molecular complexity index is 1150. The lowest BCUT2D eigenvalue weighted by Gasteiger charge is -2.20. The standard InChI is InChI=1S/C22H26BrN3O3/c1-7-17-24-20-19(21(28)26(17)16-11-9-8-10-15(16)23)13(2)14(3)25(20)12-18(27)29-22(4,5)6/h8-11H,7,12H2,1-6H3. The topological polar surface area (TPSA) is 66.1 Å². The molecule has 0 unspecified atom stereocenters. The van der Waals surface area contributed by atoms with Crippen molar-refractivity contribution in [3.05, 3.63) is 56.2 Å². The van der Waals surface area contributed by atoms with E-state index < -0.39 is 5.60 Å². The van der Waals surface area contributed by atoms with Gasteiger partial charge in [-0.15, -0.1) is 0 Å². The predicted molar refractivity (Wildman–Crippen MR) is 118 cm³/mol. The van der Waals surface area contributed by atoms with Gasteiger partial charge in [-0.25, -0.2) is 4.98 Å². The molecule has 0 aliphatic rings. The summed E-state index contributed by atoms with van der Waals surface area (Å²) in [5, 5.41) is 0.527. The van der Waals surface area contributed by atoms with Crippen LogP contribution in [0.25, 0.3) is 16.7 Å². The van der Waals surface area contributed by atoms with E-state index in [2.05, 4.69) is 15.9 Å². The highest BCUT2D eigenvalue weighted by molar-refractivity contribution is 9.10. The molecule has 0 atom stereocenters. The monoisotopic (exact) mass is 459 g/mol. The number of fused-ring (bicyclic) bond motifs is 1. The number of carbonyl (C=O) groups is 1. The van der Waals surface area contributed by atoms with E-state index >= 15 is 0 Å². The van der Waals surface area contributed by atoms with E-state index in [1.807, 2.05) is 65.8 Å². The molecule has 2 heterocycles. The Balaban J connectivity index is 2.25. The van der Waals surface area contributed by atoms with E-state index in [1.54, 1.807) is 9.13 Å². The summed E-state index contributed by atoms with van der Waals surface area (Å²) < 4.78 is 9.72.